The van der Waals surface area contributed by atoms with E-state index in [9.17, 15) is 9.59 Å². The largest absolute Gasteiger partial charge is 0.481 e. The second-order valence-electron chi connectivity index (χ2n) is 6.20. The molecule has 2 aliphatic rings. The quantitative estimate of drug-likeness (QED) is 0.879. The van der Waals surface area contributed by atoms with Crippen molar-refractivity contribution in [3.8, 4) is 0 Å². The number of benzene rings is 1. The monoisotopic (exact) mass is 307 g/mol. The lowest BCUT2D eigenvalue weighted by molar-refractivity contribution is -0.140. The summed E-state index contributed by atoms with van der Waals surface area (Å²) in [6.07, 6.45) is 3.34. The molecule has 1 aromatic rings. The van der Waals surface area contributed by atoms with E-state index in [2.05, 4.69) is 5.32 Å². The Labute approximate surface area is 128 Å². The number of rotatable bonds is 5. The molecule has 0 bridgehead atoms. The molecular weight excluding hydrogens is 290 g/mol. The minimum atomic E-state index is -0.850. The molecule has 112 valence electrons. The Kier molecular flexibility index (Phi) is 3.66. The summed E-state index contributed by atoms with van der Waals surface area (Å²) in [4.78, 5) is 23.3. The van der Waals surface area contributed by atoms with Crippen LogP contribution in [0.25, 0.3) is 0 Å². The van der Waals surface area contributed by atoms with Crippen LogP contribution in [-0.4, -0.2) is 22.5 Å². The summed E-state index contributed by atoms with van der Waals surface area (Å²) in [5.74, 6) is -0.696. The Morgan fingerprint density at radius 2 is 2.14 bits per heavy atom. The summed E-state index contributed by atoms with van der Waals surface area (Å²) < 4.78 is 0. The fourth-order valence-corrected chi connectivity index (χ4v) is 3.38. The van der Waals surface area contributed by atoms with Crippen LogP contribution in [-0.2, 0) is 9.59 Å². The Bertz CT molecular complexity index is 583. The SMILES string of the molecule is O=C(O)CC1(NC(=O)C2CC2c2cccc(Cl)c2)CCC1. The van der Waals surface area contributed by atoms with Crippen LogP contribution in [0, 0.1) is 5.92 Å². The highest BCUT2D eigenvalue weighted by molar-refractivity contribution is 6.30. The zero-order valence-corrected chi connectivity index (χ0v) is 12.4. The van der Waals surface area contributed by atoms with Gasteiger partial charge in [0.1, 0.15) is 0 Å². The number of carboxylic acids is 1. The van der Waals surface area contributed by atoms with Gasteiger partial charge in [-0.1, -0.05) is 23.7 Å². The number of carboxylic acid groups (broad SMARTS) is 1. The summed E-state index contributed by atoms with van der Waals surface area (Å²) in [5, 5.41) is 12.6. The molecule has 1 aromatic carbocycles. The third-order valence-corrected chi connectivity index (χ3v) is 4.83. The average Bonchev–Trinajstić information content (AvgIpc) is 3.15. The first-order valence-corrected chi connectivity index (χ1v) is 7.66. The minimum Gasteiger partial charge on any atom is -0.481 e. The molecule has 0 saturated heterocycles. The molecule has 0 heterocycles. The highest BCUT2D eigenvalue weighted by atomic mass is 35.5. The molecule has 4 nitrogen and oxygen atoms in total. The van der Waals surface area contributed by atoms with E-state index in [0.717, 1.165) is 31.2 Å². The molecule has 21 heavy (non-hydrogen) atoms. The van der Waals surface area contributed by atoms with Gasteiger partial charge in [-0.2, -0.15) is 0 Å². The van der Waals surface area contributed by atoms with Gasteiger partial charge in [-0.05, 0) is 49.3 Å². The van der Waals surface area contributed by atoms with Crippen molar-refractivity contribution in [2.45, 2.75) is 43.6 Å². The zero-order chi connectivity index (χ0) is 15.0. The maximum absolute atomic E-state index is 12.3. The summed E-state index contributed by atoms with van der Waals surface area (Å²) in [7, 11) is 0. The van der Waals surface area contributed by atoms with E-state index in [4.69, 9.17) is 16.7 Å². The minimum absolute atomic E-state index is 0.0130. The van der Waals surface area contributed by atoms with Crippen LogP contribution in [0.2, 0.25) is 5.02 Å². The van der Waals surface area contributed by atoms with Crippen molar-refractivity contribution in [2.24, 2.45) is 5.92 Å². The number of nitrogens with one attached hydrogen (secondary N) is 1. The molecule has 2 fully saturated rings. The molecule has 0 aromatic heterocycles. The maximum atomic E-state index is 12.3. The van der Waals surface area contributed by atoms with E-state index in [1.54, 1.807) is 0 Å². The first-order valence-electron chi connectivity index (χ1n) is 7.28. The van der Waals surface area contributed by atoms with E-state index in [-0.39, 0.29) is 24.2 Å². The normalized spacial score (nSPS) is 25.8. The van der Waals surface area contributed by atoms with Crippen molar-refractivity contribution < 1.29 is 14.7 Å². The highest BCUT2D eigenvalue weighted by Gasteiger charge is 2.48. The van der Waals surface area contributed by atoms with E-state index < -0.39 is 11.5 Å². The second kappa shape index (κ2) is 5.34. The summed E-state index contributed by atoms with van der Waals surface area (Å²) in [5.41, 5.74) is 0.577. The number of aliphatic carboxylic acids is 1. The lowest BCUT2D eigenvalue weighted by Crippen LogP contribution is -2.55. The van der Waals surface area contributed by atoms with Crippen molar-refractivity contribution >= 4 is 23.5 Å². The van der Waals surface area contributed by atoms with Gasteiger partial charge in [0.15, 0.2) is 0 Å². The zero-order valence-electron chi connectivity index (χ0n) is 11.6. The van der Waals surface area contributed by atoms with Gasteiger partial charge < -0.3 is 10.4 Å². The van der Waals surface area contributed by atoms with Crippen molar-refractivity contribution in [2.75, 3.05) is 0 Å². The first-order chi connectivity index (χ1) is 9.99. The standard InChI is InChI=1S/C16H18ClNO3/c17-11-4-1-3-10(7-11)12-8-13(12)15(21)18-16(5-2-6-16)9-14(19)20/h1,3-4,7,12-13H,2,5-6,8-9H2,(H,18,21)(H,19,20). The topological polar surface area (TPSA) is 66.4 Å². The van der Waals surface area contributed by atoms with E-state index in [1.165, 1.54) is 0 Å². The molecule has 0 aliphatic heterocycles. The first kappa shape index (κ1) is 14.4. The number of hydrogen-bond acceptors (Lipinski definition) is 2. The molecule has 1 amide bonds. The molecule has 3 rings (SSSR count). The van der Waals surface area contributed by atoms with Gasteiger partial charge in [-0.25, -0.2) is 0 Å². The van der Waals surface area contributed by atoms with Gasteiger partial charge in [-0.15, -0.1) is 0 Å². The van der Waals surface area contributed by atoms with Crippen LogP contribution in [0.5, 0.6) is 0 Å². The van der Waals surface area contributed by atoms with Crippen molar-refractivity contribution in [1.29, 1.82) is 0 Å². The summed E-state index contributed by atoms with van der Waals surface area (Å²) in [6.45, 7) is 0. The summed E-state index contributed by atoms with van der Waals surface area (Å²) in [6, 6.07) is 7.59. The fourth-order valence-electron chi connectivity index (χ4n) is 3.18. The average molecular weight is 308 g/mol. The van der Waals surface area contributed by atoms with Crippen molar-refractivity contribution in [1.82, 2.24) is 5.32 Å². The van der Waals surface area contributed by atoms with Crippen LogP contribution in [0.15, 0.2) is 24.3 Å². The predicted molar refractivity (Wildman–Crippen MR) is 79.3 cm³/mol. The molecule has 2 N–H and O–H groups in total. The predicted octanol–water partition coefficient (Wildman–Crippen LogP) is 2.96. The van der Waals surface area contributed by atoms with Gasteiger partial charge in [0, 0.05) is 10.9 Å². The van der Waals surface area contributed by atoms with Crippen LogP contribution in [0.3, 0.4) is 0 Å². The smallest absolute Gasteiger partial charge is 0.305 e. The van der Waals surface area contributed by atoms with E-state index in [0.29, 0.717) is 5.02 Å². The van der Waals surface area contributed by atoms with Crippen LogP contribution in [0.1, 0.15) is 43.6 Å². The van der Waals surface area contributed by atoms with Crippen molar-refractivity contribution in [3.05, 3.63) is 34.9 Å². The van der Waals surface area contributed by atoms with E-state index in [1.807, 2.05) is 24.3 Å². The molecule has 0 spiro atoms. The molecule has 2 saturated carbocycles. The van der Waals surface area contributed by atoms with Crippen LogP contribution < -0.4 is 5.32 Å². The number of carbonyl (C=O) groups excluding carboxylic acids is 1. The molecule has 0 radical (unpaired) electrons. The van der Waals surface area contributed by atoms with Crippen LogP contribution >= 0.6 is 11.6 Å². The number of carbonyl (C=O) groups is 2. The lowest BCUT2D eigenvalue weighted by atomic mass is 9.74. The van der Waals surface area contributed by atoms with Crippen LogP contribution in [0.4, 0.5) is 0 Å². The van der Waals surface area contributed by atoms with Gasteiger partial charge in [0.05, 0.1) is 12.0 Å². The molecule has 2 atom stereocenters. The second-order valence-corrected chi connectivity index (χ2v) is 6.63. The van der Waals surface area contributed by atoms with Crippen molar-refractivity contribution in [3.63, 3.8) is 0 Å². The van der Waals surface area contributed by atoms with Gasteiger partial charge in [-0.3, -0.25) is 9.59 Å². The maximum Gasteiger partial charge on any atom is 0.305 e. The Hall–Kier alpha value is -1.55. The molecule has 2 aliphatic carbocycles. The Morgan fingerprint density at radius 3 is 2.71 bits per heavy atom. The third-order valence-electron chi connectivity index (χ3n) is 4.59. The van der Waals surface area contributed by atoms with Gasteiger partial charge >= 0.3 is 5.97 Å². The Morgan fingerprint density at radius 1 is 1.38 bits per heavy atom. The summed E-state index contributed by atoms with van der Waals surface area (Å²) >= 11 is 5.97. The number of hydrogen-bond donors (Lipinski definition) is 2. The fraction of sp³-hybridized carbons (Fsp3) is 0.500. The highest BCUT2D eigenvalue weighted by Crippen LogP contribution is 2.49. The van der Waals surface area contributed by atoms with E-state index >= 15 is 0 Å². The third kappa shape index (κ3) is 3.05. The number of amides is 1. The van der Waals surface area contributed by atoms with Gasteiger partial charge in [0.25, 0.3) is 0 Å². The number of halogens is 1. The molecule has 2 unspecified atom stereocenters. The van der Waals surface area contributed by atoms with Gasteiger partial charge in [0.2, 0.25) is 5.91 Å². The Balaban J connectivity index is 1.61. The lowest BCUT2D eigenvalue weighted by Gasteiger charge is -2.41. The molecule has 5 heteroatoms. The molecular formula is C16H18ClNO3.